The zero-order chi connectivity index (χ0) is 12.5. The van der Waals surface area contributed by atoms with Gasteiger partial charge in [-0.1, -0.05) is 13.8 Å². The molecule has 2 heterocycles. The van der Waals surface area contributed by atoms with Gasteiger partial charge in [-0.2, -0.15) is 0 Å². The molecule has 2 N–H and O–H groups in total. The first-order chi connectivity index (χ1) is 7.93. The predicted molar refractivity (Wildman–Crippen MR) is 73.8 cm³/mol. The predicted octanol–water partition coefficient (Wildman–Crippen LogP) is 1.56. The first-order valence-corrected chi connectivity index (χ1v) is 6.59. The summed E-state index contributed by atoms with van der Waals surface area (Å²) < 4.78 is 5.28. The Labute approximate surface area is 116 Å². The molecule has 0 bridgehead atoms. The quantitative estimate of drug-likeness (QED) is 0.791. The van der Waals surface area contributed by atoms with E-state index in [2.05, 4.69) is 13.8 Å². The highest BCUT2D eigenvalue weighted by atomic mass is 35.5. The lowest BCUT2D eigenvalue weighted by Gasteiger charge is -2.42. The summed E-state index contributed by atoms with van der Waals surface area (Å²) >= 11 is 0. The zero-order valence-corrected chi connectivity index (χ0v) is 12.2. The van der Waals surface area contributed by atoms with Gasteiger partial charge in [0, 0.05) is 26.3 Å². The second kappa shape index (κ2) is 5.76. The summed E-state index contributed by atoms with van der Waals surface area (Å²) in [6, 6.07) is 0. The lowest BCUT2D eigenvalue weighted by molar-refractivity contribution is -0.142. The summed E-state index contributed by atoms with van der Waals surface area (Å²) in [5.41, 5.74) is 5.93. The second-order valence-corrected chi connectivity index (χ2v) is 6.22. The molecule has 0 radical (unpaired) electrons. The smallest absolute Gasteiger partial charge is 0.242 e. The van der Waals surface area contributed by atoms with E-state index in [1.807, 2.05) is 4.90 Å². The van der Waals surface area contributed by atoms with Gasteiger partial charge in [-0.15, -0.1) is 12.4 Å². The largest absolute Gasteiger partial charge is 0.381 e. The molecule has 0 unspecified atom stereocenters. The van der Waals surface area contributed by atoms with Crippen LogP contribution in [0.3, 0.4) is 0 Å². The van der Waals surface area contributed by atoms with Crippen molar-refractivity contribution in [2.75, 3.05) is 26.3 Å². The zero-order valence-electron chi connectivity index (χ0n) is 11.4. The van der Waals surface area contributed by atoms with Crippen LogP contribution in [0.2, 0.25) is 0 Å². The third-order valence-corrected chi connectivity index (χ3v) is 4.22. The fourth-order valence-electron chi connectivity index (χ4n) is 2.58. The van der Waals surface area contributed by atoms with Crippen LogP contribution >= 0.6 is 12.4 Å². The van der Waals surface area contributed by atoms with Crippen LogP contribution < -0.4 is 5.73 Å². The van der Waals surface area contributed by atoms with Crippen molar-refractivity contribution in [3.63, 3.8) is 0 Å². The molecule has 2 fully saturated rings. The molecule has 0 aromatic rings. The summed E-state index contributed by atoms with van der Waals surface area (Å²) in [6.45, 7) is 7.46. The summed E-state index contributed by atoms with van der Waals surface area (Å²) in [4.78, 5) is 14.4. The van der Waals surface area contributed by atoms with E-state index in [0.717, 1.165) is 25.9 Å². The van der Waals surface area contributed by atoms with Crippen LogP contribution in [-0.2, 0) is 9.53 Å². The van der Waals surface area contributed by atoms with E-state index in [-0.39, 0.29) is 18.3 Å². The number of hydrogen-bond donors (Lipinski definition) is 1. The molecule has 5 heteroatoms. The first kappa shape index (κ1) is 15.7. The van der Waals surface area contributed by atoms with Crippen LogP contribution in [0.1, 0.15) is 39.5 Å². The second-order valence-electron chi connectivity index (χ2n) is 6.22. The summed E-state index contributed by atoms with van der Waals surface area (Å²) in [6.07, 6.45) is 3.47. The van der Waals surface area contributed by atoms with Crippen molar-refractivity contribution < 1.29 is 9.53 Å². The van der Waals surface area contributed by atoms with Crippen molar-refractivity contribution in [3.8, 4) is 0 Å². The van der Waals surface area contributed by atoms with Crippen LogP contribution in [0.4, 0.5) is 0 Å². The van der Waals surface area contributed by atoms with Gasteiger partial charge >= 0.3 is 0 Å². The maximum Gasteiger partial charge on any atom is 0.242 e. The van der Waals surface area contributed by atoms with Gasteiger partial charge in [0.15, 0.2) is 0 Å². The number of carbonyl (C=O) groups excluding carboxylic acids is 1. The number of piperidine rings is 1. The Kier molecular flexibility index (Phi) is 5.04. The Morgan fingerprint density at radius 3 is 2.11 bits per heavy atom. The summed E-state index contributed by atoms with van der Waals surface area (Å²) in [7, 11) is 0. The van der Waals surface area contributed by atoms with Gasteiger partial charge in [-0.3, -0.25) is 4.79 Å². The molecule has 0 aromatic heterocycles. The molecule has 2 aliphatic heterocycles. The summed E-state index contributed by atoms with van der Waals surface area (Å²) in [5, 5.41) is 0. The maximum atomic E-state index is 12.4. The molecule has 2 aliphatic rings. The molecule has 18 heavy (non-hydrogen) atoms. The first-order valence-electron chi connectivity index (χ1n) is 6.59. The van der Waals surface area contributed by atoms with E-state index in [1.54, 1.807) is 0 Å². The molecule has 0 spiro atoms. The molecule has 106 valence electrons. The third-order valence-electron chi connectivity index (χ3n) is 4.22. The Bertz CT molecular complexity index is 291. The SMILES string of the molecule is CC1(C)CCN(C(=O)C2(N)CCOCC2)CC1.Cl. The van der Waals surface area contributed by atoms with Crippen molar-refractivity contribution in [1.29, 1.82) is 0 Å². The topological polar surface area (TPSA) is 55.6 Å². The average molecular weight is 277 g/mol. The minimum atomic E-state index is -0.667. The van der Waals surface area contributed by atoms with Crippen LogP contribution in [0.15, 0.2) is 0 Å². The third kappa shape index (κ3) is 3.37. The average Bonchev–Trinajstić information content (AvgIpc) is 2.29. The van der Waals surface area contributed by atoms with Crippen molar-refractivity contribution in [2.45, 2.75) is 45.1 Å². The van der Waals surface area contributed by atoms with Gasteiger partial charge in [0.1, 0.15) is 0 Å². The van der Waals surface area contributed by atoms with Crippen LogP contribution in [0.25, 0.3) is 0 Å². The Morgan fingerprint density at radius 2 is 1.61 bits per heavy atom. The minimum Gasteiger partial charge on any atom is -0.381 e. The van der Waals surface area contributed by atoms with Crippen molar-refractivity contribution in [3.05, 3.63) is 0 Å². The van der Waals surface area contributed by atoms with Crippen LogP contribution in [0.5, 0.6) is 0 Å². The number of hydrogen-bond acceptors (Lipinski definition) is 3. The normalized spacial score (nSPS) is 26.3. The van der Waals surface area contributed by atoms with E-state index in [9.17, 15) is 4.79 Å². The number of likely N-dealkylation sites (tertiary alicyclic amines) is 1. The molecule has 2 rings (SSSR count). The fourth-order valence-corrected chi connectivity index (χ4v) is 2.58. The van der Waals surface area contributed by atoms with Crippen LogP contribution in [-0.4, -0.2) is 42.6 Å². The van der Waals surface area contributed by atoms with Gasteiger partial charge in [-0.25, -0.2) is 0 Å². The molecular weight excluding hydrogens is 252 g/mol. The summed E-state index contributed by atoms with van der Waals surface area (Å²) in [5.74, 6) is 0.135. The number of amides is 1. The van der Waals surface area contributed by atoms with Crippen molar-refractivity contribution in [1.82, 2.24) is 4.90 Å². The van der Waals surface area contributed by atoms with Gasteiger partial charge in [0.25, 0.3) is 0 Å². The van der Waals surface area contributed by atoms with Gasteiger partial charge in [-0.05, 0) is 31.1 Å². The lowest BCUT2D eigenvalue weighted by Crippen LogP contribution is -2.59. The highest BCUT2D eigenvalue weighted by Crippen LogP contribution is 2.31. The Hall–Kier alpha value is -0.320. The van der Waals surface area contributed by atoms with Gasteiger partial charge < -0.3 is 15.4 Å². The highest BCUT2D eigenvalue weighted by Gasteiger charge is 2.40. The molecule has 0 saturated carbocycles. The number of halogens is 1. The molecule has 4 nitrogen and oxygen atoms in total. The Morgan fingerprint density at radius 1 is 1.11 bits per heavy atom. The molecule has 0 atom stereocenters. The van der Waals surface area contributed by atoms with E-state index >= 15 is 0 Å². The van der Waals surface area contributed by atoms with Crippen molar-refractivity contribution in [2.24, 2.45) is 11.1 Å². The number of nitrogens with two attached hydrogens (primary N) is 1. The van der Waals surface area contributed by atoms with E-state index in [1.165, 1.54) is 0 Å². The van der Waals surface area contributed by atoms with E-state index in [4.69, 9.17) is 10.5 Å². The molecule has 0 aliphatic carbocycles. The molecular formula is C13H25ClN2O2. The van der Waals surface area contributed by atoms with Gasteiger partial charge in [0.2, 0.25) is 5.91 Å². The van der Waals surface area contributed by atoms with Gasteiger partial charge in [0.05, 0.1) is 5.54 Å². The number of rotatable bonds is 1. The standard InChI is InChI=1S/C13H24N2O2.ClH/c1-12(2)3-7-15(8-4-12)11(16)13(14)5-9-17-10-6-13;/h3-10,14H2,1-2H3;1H. The maximum absolute atomic E-state index is 12.4. The molecule has 0 aromatic carbocycles. The fraction of sp³-hybridized carbons (Fsp3) is 0.923. The number of ether oxygens (including phenoxy) is 1. The highest BCUT2D eigenvalue weighted by molar-refractivity contribution is 5.86. The van der Waals surface area contributed by atoms with E-state index < -0.39 is 5.54 Å². The lowest BCUT2D eigenvalue weighted by atomic mass is 9.81. The molecule has 1 amide bonds. The van der Waals surface area contributed by atoms with E-state index in [0.29, 0.717) is 31.5 Å². The number of carbonyl (C=O) groups is 1. The number of nitrogens with zero attached hydrogens (tertiary/aromatic N) is 1. The van der Waals surface area contributed by atoms with Crippen molar-refractivity contribution >= 4 is 18.3 Å². The minimum absolute atomic E-state index is 0. The monoisotopic (exact) mass is 276 g/mol. The van der Waals surface area contributed by atoms with Crippen LogP contribution in [0, 0.1) is 5.41 Å². The molecule has 2 saturated heterocycles. The Balaban J connectivity index is 0.00000162.